The molecule has 78 valence electrons. The molecule has 4 nitrogen and oxygen atoms in total. The maximum absolute atomic E-state index is 5.64. The first-order valence-corrected chi connectivity index (χ1v) is 4.75. The van der Waals surface area contributed by atoms with E-state index in [1.54, 1.807) is 14.2 Å². The summed E-state index contributed by atoms with van der Waals surface area (Å²) >= 11 is 0. The molecule has 0 spiro atoms. The Morgan fingerprint density at radius 3 is 2.23 bits per heavy atom. The van der Waals surface area contributed by atoms with Crippen molar-refractivity contribution in [3.05, 3.63) is 0 Å². The van der Waals surface area contributed by atoms with E-state index in [9.17, 15) is 0 Å². The number of methoxy groups -OCH3 is 2. The number of hydrogen-bond acceptors (Lipinski definition) is 4. The van der Waals surface area contributed by atoms with Crippen LogP contribution in [0.4, 0.5) is 0 Å². The second kappa shape index (κ2) is 4.37. The van der Waals surface area contributed by atoms with Crippen LogP contribution in [0.1, 0.15) is 13.3 Å². The summed E-state index contributed by atoms with van der Waals surface area (Å²) in [5.41, 5.74) is 5.64. The summed E-state index contributed by atoms with van der Waals surface area (Å²) < 4.78 is 10.6. The second-order valence-corrected chi connectivity index (χ2v) is 3.52. The van der Waals surface area contributed by atoms with E-state index in [2.05, 4.69) is 11.8 Å². The Bertz CT molecular complexity index is 148. The number of nitrogens with two attached hydrogens (primary N) is 1. The standard InChI is InChI=1S/C9H20N2O2/c1-4-8(5-10)11-6-9(7-11,12-2)13-3/h8H,4-7,10H2,1-3H3. The van der Waals surface area contributed by atoms with Crippen LogP contribution in [0.15, 0.2) is 0 Å². The van der Waals surface area contributed by atoms with Gasteiger partial charge in [-0.3, -0.25) is 4.90 Å². The van der Waals surface area contributed by atoms with Crippen LogP contribution in [0.2, 0.25) is 0 Å². The summed E-state index contributed by atoms with van der Waals surface area (Å²) in [6.45, 7) is 4.52. The van der Waals surface area contributed by atoms with Crippen molar-refractivity contribution in [2.45, 2.75) is 25.2 Å². The van der Waals surface area contributed by atoms with Crippen molar-refractivity contribution < 1.29 is 9.47 Å². The van der Waals surface area contributed by atoms with E-state index in [0.29, 0.717) is 12.6 Å². The third kappa shape index (κ3) is 2.02. The smallest absolute Gasteiger partial charge is 0.193 e. The summed E-state index contributed by atoms with van der Waals surface area (Å²) in [6.07, 6.45) is 1.08. The highest BCUT2D eigenvalue weighted by Gasteiger charge is 2.45. The number of rotatable bonds is 5. The Kier molecular flexibility index (Phi) is 3.67. The summed E-state index contributed by atoms with van der Waals surface area (Å²) in [5.74, 6) is -0.372. The Balaban J connectivity index is 2.38. The first kappa shape index (κ1) is 10.9. The summed E-state index contributed by atoms with van der Waals surface area (Å²) in [7, 11) is 3.37. The second-order valence-electron chi connectivity index (χ2n) is 3.52. The molecular formula is C9H20N2O2. The van der Waals surface area contributed by atoms with Crippen molar-refractivity contribution in [2.75, 3.05) is 33.9 Å². The van der Waals surface area contributed by atoms with E-state index in [1.165, 1.54) is 0 Å². The quantitative estimate of drug-likeness (QED) is 0.618. The van der Waals surface area contributed by atoms with Gasteiger partial charge in [-0.05, 0) is 6.42 Å². The fraction of sp³-hybridized carbons (Fsp3) is 1.00. The summed E-state index contributed by atoms with van der Waals surface area (Å²) in [4.78, 5) is 2.30. The van der Waals surface area contributed by atoms with Crippen molar-refractivity contribution in [1.29, 1.82) is 0 Å². The topological polar surface area (TPSA) is 47.7 Å². The Morgan fingerprint density at radius 1 is 1.38 bits per heavy atom. The van der Waals surface area contributed by atoms with Gasteiger partial charge in [0.15, 0.2) is 5.79 Å². The highest BCUT2D eigenvalue weighted by molar-refractivity contribution is 4.92. The first-order chi connectivity index (χ1) is 6.21. The van der Waals surface area contributed by atoms with Gasteiger partial charge in [0.05, 0.1) is 13.1 Å². The third-order valence-electron chi connectivity index (χ3n) is 2.89. The van der Waals surface area contributed by atoms with Gasteiger partial charge in [-0.15, -0.1) is 0 Å². The van der Waals surface area contributed by atoms with Gasteiger partial charge in [0.25, 0.3) is 0 Å². The lowest BCUT2D eigenvalue weighted by Crippen LogP contribution is -2.67. The lowest BCUT2D eigenvalue weighted by atomic mass is 10.0. The van der Waals surface area contributed by atoms with Crippen LogP contribution in [0, 0.1) is 0 Å². The van der Waals surface area contributed by atoms with Crippen molar-refractivity contribution in [1.82, 2.24) is 4.90 Å². The van der Waals surface area contributed by atoms with E-state index < -0.39 is 0 Å². The highest BCUT2D eigenvalue weighted by atomic mass is 16.7. The molecule has 0 bridgehead atoms. The maximum Gasteiger partial charge on any atom is 0.193 e. The monoisotopic (exact) mass is 188 g/mol. The number of nitrogens with zero attached hydrogens (tertiary/aromatic N) is 1. The van der Waals surface area contributed by atoms with Crippen molar-refractivity contribution in [3.8, 4) is 0 Å². The first-order valence-electron chi connectivity index (χ1n) is 4.75. The molecule has 0 aromatic carbocycles. The van der Waals surface area contributed by atoms with E-state index in [4.69, 9.17) is 15.2 Å². The third-order valence-corrected chi connectivity index (χ3v) is 2.89. The molecule has 0 aromatic rings. The van der Waals surface area contributed by atoms with E-state index in [-0.39, 0.29) is 5.79 Å². The predicted octanol–water partition coefficient (Wildman–Crippen LogP) is 0.0284. The maximum atomic E-state index is 5.64. The highest BCUT2D eigenvalue weighted by Crippen LogP contribution is 2.27. The number of hydrogen-bond donors (Lipinski definition) is 1. The van der Waals surface area contributed by atoms with Crippen LogP contribution < -0.4 is 5.73 Å². The van der Waals surface area contributed by atoms with Gasteiger partial charge >= 0.3 is 0 Å². The molecular weight excluding hydrogens is 168 g/mol. The largest absolute Gasteiger partial charge is 0.351 e. The molecule has 13 heavy (non-hydrogen) atoms. The van der Waals surface area contributed by atoms with Gasteiger partial charge < -0.3 is 15.2 Å². The van der Waals surface area contributed by atoms with Gasteiger partial charge in [-0.25, -0.2) is 0 Å². The number of likely N-dealkylation sites (tertiary alicyclic amines) is 1. The zero-order valence-electron chi connectivity index (χ0n) is 8.75. The zero-order chi connectivity index (χ0) is 9.90. The van der Waals surface area contributed by atoms with E-state index in [0.717, 1.165) is 19.5 Å². The average molecular weight is 188 g/mol. The van der Waals surface area contributed by atoms with E-state index >= 15 is 0 Å². The molecule has 1 aliphatic heterocycles. The summed E-state index contributed by atoms with van der Waals surface area (Å²) in [6, 6.07) is 0.471. The molecule has 1 fully saturated rings. The average Bonchev–Trinajstić information content (AvgIpc) is 2.11. The van der Waals surface area contributed by atoms with Gasteiger partial charge in [-0.2, -0.15) is 0 Å². The van der Waals surface area contributed by atoms with Crippen LogP contribution in [-0.4, -0.2) is 50.6 Å². The fourth-order valence-electron chi connectivity index (χ4n) is 1.75. The SMILES string of the molecule is CCC(CN)N1CC(OC)(OC)C1. The van der Waals surface area contributed by atoms with Gasteiger partial charge in [0.1, 0.15) is 0 Å². The van der Waals surface area contributed by atoms with Crippen LogP contribution in [-0.2, 0) is 9.47 Å². The molecule has 0 saturated carbocycles. The Hall–Kier alpha value is -0.160. The molecule has 1 atom stereocenters. The van der Waals surface area contributed by atoms with Crippen LogP contribution in [0.5, 0.6) is 0 Å². The van der Waals surface area contributed by atoms with Crippen molar-refractivity contribution >= 4 is 0 Å². The predicted molar refractivity (Wildman–Crippen MR) is 51.5 cm³/mol. The molecule has 0 amide bonds. The van der Waals surface area contributed by atoms with E-state index in [1.807, 2.05) is 0 Å². The van der Waals surface area contributed by atoms with Crippen LogP contribution in [0.3, 0.4) is 0 Å². The normalized spacial score (nSPS) is 24.0. The Morgan fingerprint density at radius 2 is 1.92 bits per heavy atom. The van der Waals surface area contributed by atoms with Gasteiger partial charge in [0.2, 0.25) is 0 Å². The molecule has 1 aliphatic rings. The molecule has 4 heteroatoms. The molecule has 0 aromatic heterocycles. The molecule has 0 radical (unpaired) electrons. The lowest BCUT2D eigenvalue weighted by Gasteiger charge is -2.50. The minimum atomic E-state index is -0.372. The minimum Gasteiger partial charge on any atom is -0.351 e. The molecule has 1 saturated heterocycles. The van der Waals surface area contributed by atoms with Crippen LogP contribution >= 0.6 is 0 Å². The molecule has 2 N–H and O–H groups in total. The van der Waals surface area contributed by atoms with Gasteiger partial charge in [-0.1, -0.05) is 6.92 Å². The van der Waals surface area contributed by atoms with Crippen molar-refractivity contribution in [3.63, 3.8) is 0 Å². The van der Waals surface area contributed by atoms with Gasteiger partial charge in [0, 0.05) is 26.8 Å². The molecule has 1 rings (SSSR count). The molecule has 1 heterocycles. The molecule has 1 unspecified atom stereocenters. The molecule has 0 aliphatic carbocycles. The summed E-state index contributed by atoms with van der Waals surface area (Å²) in [5, 5.41) is 0. The van der Waals surface area contributed by atoms with Crippen LogP contribution in [0.25, 0.3) is 0 Å². The lowest BCUT2D eigenvalue weighted by molar-refractivity contribution is -0.281. The van der Waals surface area contributed by atoms with Crippen molar-refractivity contribution in [2.24, 2.45) is 5.73 Å². The minimum absolute atomic E-state index is 0.372. The Labute approximate surface area is 80.0 Å². The zero-order valence-corrected chi connectivity index (χ0v) is 8.75. The number of ether oxygens (including phenoxy) is 2. The fourth-order valence-corrected chi connectivity index (χ4v) is 1.75.